The Morgan fingerprint density at radius 2 is 2.07 bits per heavy atom. The lowest BCUT2D eigenvalue weighted by atomic mass is 9.74. The molecular weight excluding hydrogens is 350 g/mol. The van der Waals surface area contributed by atoms with Crippen molar-refractivity contribution in [3.05, 3.63) is 64.2 Å². The van der Waals surface area contributed by atoms with Gasteiger partial charge in [0.2, 0.25) is 11.8 Å². The lowest BCUT2D eigenvalue weighted by Crippen LogP contribution is -2.62. The lowest BCUT2D eigenvalue weighted by Gasteiger charge is -2.46. The Kier molecular flexibility index (Phi) is 3.83. The van der Waals surface area contributed by atoms with Crippen LogP contribution in [0.2, 0.25) is 0 Å². The van der Waals surface area contributed by atoms with E-state index in [1.165, 1.54) is 18.2 Å². The zero-order valence-electron chi connectivity index (χ0n) is 14.5. The molecule has 0 aliphatic carbocycles. The molecule has 1 saturated heterocycles. The van der Waals surface area contributed by atoms with Gasteiger partial charge in [0.25, 0.3) is 5.69 Å². The first-order chi connectivity index (χ1) is 12.9. The van der Waals surface area contributed by atoms with E-state index < -0.39 is 28.4 Å². The zero-order valence-corrected chi connectivity index (χ0v) is 14.5. The Labute approximate surface area is 154 Å². The van der Waals surface area contributed by atoms with Gasteiger partial charge in [0.05, 0.1) is 4.92 Å². The summed E-state index contributed by atoms with van der Waals surface area (Å²) >= 11 is 0. The average Bonchev–Trinajstić information content (AvgIpc) is 2.61. The number of nitrogens with zero attached hydrogens (tertiary/aromatic N) is 1. The number of carbonyl (C=O) groups excluding carboxylic acids is 2. The summed E-state index contributed by atoms with van der Waals surface area (Å²) in [6, 6.07) is 13.0. The summed E-state index contributed by atoms with van der Waals surface area (Å²) in [6.45, 7) is 1.78. The van der Waals surface area contributed by atoms with Gasteiger partial charge in [-0.25, -0.2) is 0 Å². The third kappa shape index (κ3) is 2.99. The molecule has 0 spiro atoms. The van der Waals surface area contributed by atoms with Crippen molar-refractivity contribution in [2.45, 2.75) is 25.0 Å². The smallest absolute Gasteiger partial charge is 0.271 e. The van der Waals surface area contributed by atoms with Crippen LogP contribution in [0.5, 0.6) is 5.75 Å². The highest BCUT2D eigenvalue weighted by molar-refractivity contribution is 6.08. The van der Waals surface area contributed by atoms with Crippen LogP contribution in [-0.4, -0.2) is 22.5 Å². The molecular formula is C19H17N3O5. The minimum absolute atomic E-state index is 0.134. The van der Waals surface area contributed by atoms with Crippen molar-refractivity contribution in [1.29, 1.82) is 0 Å². The number of para-hydroxylation sites is 1. The lowest BCUT2D eigenvalue weighted by molar-refractivity contribution is -0.384. The van der Waals surface area contributed by atoms with E-state index >= 15 is 0 Å². The summed E-state index contributed by atoms with van der Waals surface area (Å²) in [7, 11) is 0. The minimum atomic E-state index is -0.956. The molecule has 4 rings (SSSR count). The third-order valence-electron chi connectivity index (χ3n) is 4.94. The molecule has 0 radical (unpaired) electrons. The van der Waals surface area contributed by atoms with Gasteiger partial charge in [-0.05, 0) is 24.6 Å². The van der Waals surface area contributed by atoms with E-state index in [0.717, 1.165) is 5.56 Å². The number of nitrogens with one attached hydrogen (secondary N) is 2. The molecule has 2 N–H and O–H groups in total. The number of fused-ring (bicyclic) bond motifs is 4. The van der Waals surface area contributed by atoms with Crippen molar-refractivity contribution in [1.82, 2.24) is 5.32 Å². The molecule has 2 aliphatic heterocycles. The Hall–Kier alpha value is -3.42. The summed E-state index contributed by atoms with van der Waals surface area (Å²) in [4.78, 5) is 35.9. The quantitative estimate of drug-likeness (QED) is 0.492. The summed E-state index contributed by atoms with van der Waals surface area (Å²) < 4.78 is 5.91. The van der Waals surface area contributed by atoms with Crippen molar-refractivity contribution in [3.8, 4) is 5.75 Å². The van der Waals surface area contributed by atoms with Gasteiger partial charge >= 0.3 is 0 Å². The van der Waals surface area contributed by atoms with Crippen LogP contribution in [-0.2, 0) is 9.59 Å². The fourth-order valence-electron chi connectivity index (χ4n) is 3.81. The number of nitro groups is 1. The maximum atomic E-state index is 12.9. The third-order valence-corrected chi connectivity index (χ3v) is 4.94. The minimum Gasteiger partial charge on any atom is -0.468 e. The van der Waals surface area contributed by atoms with E-state index in [1.807, 2.05) is 24.3 Å². The number of ether oxygens (including phenoxy) is 1. The standard InChI is InChI=1S/C19H17N3O5/c1-19-10-14(13-7-2-3-8-15(13)27-19)16(18(24)21-19)17(23)20-11-5-4-6-12(9-11)22(25)26/h2-9,14,16H,10H2,1H3,(H,20,23)(H,21,24). The Balaban J connectivity index is 1.65. The van der Waals surface area contributed by atoms with Gasteiger partial charge in [0.1, 0.15) is 11.7 Å². The number of hydrogen-bond donors (Lipinski definition) is 2. The zero-order chi connectivity index (χ0) is 19.2. The molecule has 2 aliphatic rings. The summed E-state index contributed by atoms with van der Waals surface area (Å²) in [5, 5.41) is 16.3. The van der Waals surface area contributed by atoms with Crippen molar-refractivity contribution in [2.75, 3.05) is 5.32 Å². The number of piperidine rings is 1. The average molecular weight is 367 g/mol. The monoisotopic (exact) mass is 367 g/mol. The first-order valence-electron chi connectivity index (χ1n) is 8.52. The van der Waals surface area contributed by atoms with Gasteiger partial charge in [-0.1, -0.05) is 24.3 Å². The number of amides is 2. The van der Waals surface area contributed by atoms with Crippen LogP contribution in [0.25, 0.3) is 0 Å². The Bertz CT molecular complexity index is 960. The summed E-state index contributed by atoms with van der Waals surface area (Å²) in [5.74, 6) is -1.58. The van der Waals surface area contributed by atoms with Crippen LogP contribution in [0, 0.1) is 16.0 Å². The van der Waals surface area contributed by atoms with Crippen LogP contribution in [0.3, 0.4) is 0 Å². The van der Waals surface area contributed by atoms with Crippen LogP contribution >= 0.6 is 0 Å². The number of non-ortho nitro benzene ring substituents is 1. The second-order valence-electron chi connectivity index (χ2n) is 6.94. The molecule has 1 fully saturated rings. The number of carbonyl (C=O) groups is 2. The molecule has 0 saturated carbocycles. The van der Waals surface area contributed by atoms with Gasteiger partial charge in [-0.2, -0.15) is 0 Å². The first kappa shape index (κ1) is 17.0. The number of anilines is 1. The largest absolute Gasteiger partial charge is 0.468 e. The van der Waals surface area contributed by atoms with Crippen molar-refractivity contribution < 1.29 is 19.2 Å². The number of hydrogen-bond acceptors (Lipinski definition) is 5. The highest BCUT2D eigenvalue weighted by Crippen LogP contribution is 2.46. The van der Waals surface area contributed by atoms with Crippen LogP contribution in [0.4, 0.5) is 11.4 Å². The van der Waals surface area contributed by atoms with Crippen molar-refractivity contribution in [3.63, 3.8) is 0 Å². The Morgan fingerprint density at radius 1 is 1.30 bits per heavy atom. The highest BCUT2D eigenvalue weighted by atomic mass is 16.6. The van der Waals surface area contributed by atoms with Gasteiger partial charge < -0.3 is 15.4 Å². The SMILES string of the molecule is CC12CC(c3ccccc3O1)C(C(=O)Nc1cccc([N+](=O)[O-])c1)C(=O)N2. The molecule has 2 aromatic rings. The normalized spacial score (nSPS) is 25.6. The number of rotatable bonds is 3. The fourth-order valence-corrected chi connectivity index (χ4v) is 3.81. The van der Waals surface area contributed by atoms with Gasteiger partial charge in [0.15, 0.2) is 5.72 Å². The van der Waals surface area contributed by atoms with Crippen LogP contribution in [0.15, 0.2) is 48.5 Å². The molecule has 27 heavy (non-hydrogen) atoms. The number of nitro benzene ring substituents is 1. The van der Waals surface area contributed by atoms with Crippen LogP contribution < -0.4 is 15.4 Å². The fraction of sp³-hybridized carbons (Fsp3) is 0.263. The Morgan fingerprint density at radius 3 is 2.85 bits per heavy atom. The van der Waals surface area contributed by atoms with Crippen LogP contribution in [0.1, 0.15) is 24.8 Å². The highest BCUT2D eigenvalue weighted by Gasteiger charge is 2.51. The van der Waals surface area contributed by atoms with E-state index in [9.17, 15) is 19.7 Å². The molecule has 8 heteroatoms. The van der Waals surface area contributed by atoms with Gasteiger partial charge in [-0.3, -0.25) is 19.7 Å². The molecule has 2 aromatic carbocycles. The second kappa shape index (κ2) is 6.08. The van der Waals surface area contributed by atoms with E-state index in [-0.39, 0.29) is 17.3 Å². The first-order valence-corrected chi connectivity index (χ1v) is 8.52. The van der Waals surface area contributed by atoms with E-state index in [2.05, 4.69) is 10.6 Å². The van der Waals surface area contributed by atoms with Gasteiger partial charge in [-0.15, -0.1) is 0 Å². The van der Waals surface area contributed by atoms with E-state index in [4.69, 9.17) is 4.74 Å². The van der Waals surface area contributed by atoms with E-state index in [1.54, 1.807) is 13.0 Å². The summed E-state index contributed by atoms with van der Waals surface area (Å²) in [5.41, 5.74) is 0.0860. The van der Waals surface area contributed by atoms with Crippen molar-refractivity contribution in [2.24, 2.45) is 5.92 Å². The van der Waals surface area contributed by atoms with Gasteiger partial charge in [0, 0.05) is 30.2 Å². The van der Waals surface area contributed by atoms with E-state index in [0.29, 0.717) is 12.2 Å². The number of benzene rings is 2. The molecule has 2 bridgehead atoms. The maximum absolute atomic E-state index is 12.9. The maximum Gasteiger partial charge on any atom is 0.271 e. The predicted octanol–water partition coefficient (Wildman–Crippen LogP) is 2.56. The predicted molar refractivity (Wildman–Crippen MR) is 96.2 cm³/mol. The van der Waals surface area contributed by atoms with Crippen molar-refractivity contribution >= 4 is 23.2 Å². The molecule has 3 atom stereocenters. The molecule has 0 aromatic heterocycles. The molecule has 8 nitrogen and oxygen atoms in total. The molecule has 2 heterocycles. The summed E-state index contributed by atoms with van der Waals surface area (Å²) in [6.07, 6.45) is 0.461. The molecule has 3 unspecified atom stereocenters. The topological polar surface area (TPSA) is 111 Å². The molecule has 2 amide bonds. The second-order valence-corrected chi connectivity index (χ2v) is 6.94. The molecule has 138 valence electrons.